The van der Waals surface area contributed by atoms with E-state index in [2.05, 4.69) is 0 Å². The van der Waals surface area contributed by atoms with Crippen LogP contribution in [0.25, 0.3) is 10.9 Å². The molecule has 1 saturated heterocycles. The van der Waals surface area contributed by atoms with Crippen LogP contribution in [-0.2, 0) is 0 Å². The predicted octanol–water partition coefficient (Wildman–Crippen LogP) is 2.00. The minimum absolute atomic E-state index is 0.0205. The molecule has 0 radical (unpaired) electrons. The zero-order valence-electron chi connectivity index (χ0n) is 17.8. The summed E-state index contributed by atoms with van der Waals surface area (Å²) in [6.45, 7) is 3.76. The third-order valence-electron chi connectivity index (χ3n) is 6.84. The van der Waals surface area contributed by atoms with Crippen molar-refractivity contribution in [3.63, 3.8) is 0 Å². The lowest BCUT2D eigenvalue weighted by molar-refractivity contribution is -0.102. The first kappa shape index (κ1) is 21.6. The Bertz CT molecular complexity index is 1100. The molecular weight excluding hydrogens is 407 g/mol. The first-order valence-corrected chi connectivity index (χ1v) is 10.4. The van der Waals surface area contributed by atoms with Gasteiger partial charge in [-0.3, -0.25) is 4.79 Å². The maximum absolute atomic E-state index is 15.4. The van der Waals surface area contributed by atoms with Gasteiger partial charge in [0.15, 0.2) is 11.6 Å². The lowest BCUT2D eigenvalue weighted by atomic mass is 9.75. The van der Waals surface area contributed by atoms with E-state index in [1.54, 1.807) is 23.3 Å². The molecule has 2 aromatic rings. The number of hydrogen-bond acceptors (Lipinski definition) is 6. The number of benzene rings is 1. The van der Waals surface area contributed by atoms with E-state index in [4.69, 9.17) is 4.74 Å². The van der Waals surface area contributed by atoms with Crippen LogP contribution in [0.5, 0.6) is 5.75 Å². The van der Waals surface area contributed by atoms with Crippen LogP contribution in [0, 0.1) is 17.7 Å². The maximum Gasteiger partial charge on any atom is 0.341 e. The van der Waals surface area contributed by atoms with Crippen molar-refractivity contribution >= 4 is 22.6 Å². The van der Waals surface area contributed by atoms with Crippen LogP contribution in [0.2, 0.25) is 0 Å². The molecule has 2 fully saturated rings. The molecule has 2 unspecified atom stereocenters. The van der Waals surface area contributed by atoms with Crippen molar-refractivity contribution in [3.8, 4) is 5.75 Å². The standard InChI is InChI=1S/C22H27FN2O6/c1-11-7-24(8-12(2)22(11,30)10-26)18-16(23)6-14-17(20(18)31-3)25(13-4-5-13)9-15(19(14)27)21(28)29/h6,9,11-13,26,30H,4-5,7-8,10H2,1-3H3,(H,28,29). The molecular formula is C22H27FN2O6. The van der Waals surface area contributed by atoms with E-state index < -0.39 is 28.4 Å². The number of rotatable bonds is 5. The molecule has 9 heteroatoms. The first-order valence-electron chi connectivity index (χ1n) is 10.4. The molecule has 0 spiro atoms. The predicted molar refractivity (Wildman–Crippen MR) is 113 cm³/mol. The van der Waals surface area contributed by atoms with Gasteiger partial charge in [-0.25, -0.2) is 9.18 Å². The average molecular weight is 434 g/mol. The summed E-state index contributed by atoms with van der Waals surface area (Å²) in [5, 5.41) is 29.9. The molecule has 1 aromatic carbocycles. The molecule has 4 rings (SSSR count). The molecule has 1 aromatic heterocycles. The van der Waals surface area contributed by atoms with Gasteiger partial charge in [0.25, 0.3) is 0 Å². The van der Waals surface area contributed by atoms with Gasteiger partial charge < -0.3 is 29.5 Å². The molecule has 31 heavy (non-hydrogen) atoms. The van der Waals surface area contributed by atoms with E-state index in [-0.39, 0.29) is 54.4 Å². The van der Waals surface area contributed by atoms with Crippen molar-refractivity contribution in [2.45, 2.75) is 38.3 Å². The van der Waals surface area contributed by atoms with Gasteiger partial charge in [0.1, 0.15) is 11.3 Å². The van der Waals surface area contributed by atoms with Crippen molar-refractivity contribution in [2.24, 2.45) is 11.8 Å². The van der Waals surface area contributed by atoms with E-state index in [0.717, 1.165) is 18.9 Å². The van der Waals surface area contributed by atoms with E-state index >= 15 is 4.39 Å². The smallest absolute Gasteiger partial charge is 0.341 e. The largest absolute Gasteiger partial charge is 0.492 e. The number of anilines is 1. The van der Waals surface area contributed by atoms with Gasteiger partial charge in [0.05, 0.1) is 30.2 Å². The summed E-state index contributed by atoms with van der Waals surface area (Å²) in [7, 11) is 1.39. The molecule has 168 valence electrons. The zero-order chi connectivity index (χ0) is 22.7. The minimum atomic E-state index is -1.35. The molecule has 3 N–H and O–H groups in total. The maximum atomic E-state index is 15.4. The van der Waals surface area contributed by atoms with Crippen molar-refractivity contribution in [1.82, 2.24) is 4.57 Å². The van der Waals surface area contributed by atoms with E-state index in [0.29, 0.717) is 5.52 Å². The van der Waals surface area contributed by atoms with Crippen LogP contribution in [0.1, 0.15) is 43.1 Å². The molecule has 1 aliphatic carbocycles. The Morgan fingerprint density at radius 1 is 1.29 bits per heavy atom. The van der Waals surface area contributed by atoms with Crippen LogP contribution in [0.4, 0.5) is 10.1 Å². The van der Waals surface area contributed by atoms with Crippen molar-refractivity contribution in [1.29, 1.82) is 0 Å². The summed E-state index contributed by atoms with van der Waals surface area (Å²) in [4.78, 5) is 26.2. The number of carboxylic acids is 1. The number of pyridine rings is 1. The first-order chi connectivity index (χ1) is 14.6. The van der Waals surface area contributed by atoms with Gasteiger partial charge in [0.2, 0.25) is 5.43 Å². The number of ether oxygens (including phenoxy) is 1. The monoisotopic (exact) mass is 434 g/mol. The number of aliphatic hydroxyl groups excluding tert-OH is 1. The fraction of sp³-hybridized carbons (Fsp3) is 0.545. The lowest BCUT2D eigenvalue weighted by Gasteiger charge is -2.47. The second-order valence-electron chi connectivity index (χ2n) is 8.81. The summed E-state index contributed by atoms with van der Waals surface area (Å²) in [5.74, 6) is -2.57. The zero-order valence-corrected chi connectivity index (χ0v) is 17.8. The number of aliphatic hydroxyl groups is 2. The number of piperidine rings is 1. The summed E-state index contributed by atoms with van der Waals surface area (Å²) < 4.78 is 22.7. The molecule has 1 saturated carbocycles. The Morgan fingerprint density at radius 2 is 1.90 bits per heavy atom. The molecule has 8 nitrogen and oxygen atoms in total. The molecule has 0 bridgehead atoms. The third-order valence-corrected chi connectivity index (χ3v) is 6.84. The van der Waals surface area contributed by atoms with Crippen LogP contribution in [0.15, 0.2) is 17.1 Å². The van der Waals surface area contributed by atoms with Crippen molar-refractivity contribution in [3.05, 3.63) is 33.9 Å². The molecule has 1 aliphatic heterocycles. The van der Waals surface area contributed by atoms with Gasteiger partial charge in [-0.1, -0.05) is 13.8 Å². The number of halogens is 1. The number of carbonyl (C=O) groups is 1. The number of aromatic carboxylic acids is 1. The normalized spacial score (nSPS) is 26.3. The summed E-state index contributed by atoms with van der Waals surface area (Å²) in [5.41, 5.74) is -1.88. The molecule has 2 aliphatic rings. The highest BCUT2D eigenvalue weighted by Crippen LogP contribution is 2.45. The van der Waals surface area contributed by atoms with Crippen LogP contribution in [-0.4, -0.2) is 58.3 Å². The quantitative estimate of drug-likeness (QED) is 0.660. The highest BCUT2D eigenvalue weighted by Gasteiger charge is 2.45. The van der Waals surface area contributed by atoms with Crippen LogP contribution >= 0.6 is 0 Å². The molecule has 2 heterocycles. The van der Waals surface area contributed by atoms with Gasteiger partial charge in [-0.05, 0) is 18.9 Å². The highest BCUT2D eigenvalue weighted by molar-refractivity contribution is 5.97. The third kappa shape index (κ3) is 3.27. The highest BCUT2D eigenvalue weighted by atomic mass is 19.1. The van der Waals surface area contributed by atoms with Gasteiger partial charge in [-0.15, -0.1) is 0 Å². The van der Waals surface area contributed by atoms with Gasteiger partial charge >= 0.3 is 5.97 Å². The Kier molecular flexibility index (Phi) is 5.21. The minimum Gasteiger partial charge on any atom is -0.492 e. The van der Waals surface area contributed by atoms with Gasteiger partial charge in [-0.2, -0.15) is 0 Å². The summed E-state index contributed by atoms with van der Waals surface area (Å²) in [6, 6.07) is 1.11. The fourth-order valence-corrected chi connectivity index (χ4v) is 4.76. The number of aromatic nitrogens is 1. The lowest BCUT2D eigenvalue weighted by Crippen LogP contribution is -2.58. The van der Waals surface area contributed by atoms with Crippen molar-refractivity contribution < 1.29 is 29.2 Å². The summed E-state index contributed by atoms with van der Waals surface area (Å²) in [6.07, 6.45) is 2.98. The van der Waals surface area contributed by atoms with Crippen LogP contribution < -0.4 is 15.1 Å². The SMILES string of the molecule is COc1c(N2CC(C)C(O)(CO)C(C)C2)c(F)cc2c(=O)c(C(=O)O)cn(C3CC3)c12. The Morgan fingerprint density at radius 3 is 2.39 bits per heavy atom. The summed E-state index contributed by atoms with van der Waals surface area (Å²) >= 11 is 0. The van der Waals surface area contributed by atoms with Crippen molar-refractivity contribution in [2.75, 3.05) is 31.7 Å². The Balaban J connectivity index is 1.95. The molecule has 0 amide bonds. The Hall–Kier alpha value is -2.65. The number of methoxy groups -OCH3 is 1. The van der Waals surface area contributed by atoms with Gasteiger partial charge in [0, 0.05) is 37.2 Å². The van der Waals surface area contributed by atoms with E-state index in [9.17, 15) is 24.9 Å². The second-order valence-corrected chi connectivity index (χ2v) is 8.81. The number of carboxylic acid groups (broad SMARTS) is 1. The second kappa shape index (κ2) is 7.49. The average Bonchev–Trinajstić information content (AvgIpc) is 3.56. The van der Waals surface area contributed by atoms with Crippen LogP contribution in [0.3, 0.4) is 0 Å². The van der Waals surface area contributed by atoms with E-state index in [1.807, 2.05) is 0 Å². The number of fused-ring (bicyclic) bond motifs is 1. The number of hydrogen-bond donors (Lipinski definition) is 3. The fourth-order valence-electron chi connectivity index (χ4n) is 4.76. The number of nitrogens with zero attached hydrogens (tertiary/aromatic N) is 2. The topological polar surface area (TPSA) is 112 Å². The van der Waals surface area contributed by atoms with E-state index in [1.165, 1.54) is 13.3 Å². The molecule has 2 atom stereocenters. The Labute approximate surface area is 178 Å².